The Labute approximate surface area is 161 Å². The van der Waals surface area contributed by atoms with Crippen molar-refractivity contribution in [3.63, 3.8) is 0 Å². The van der Waals surface area contributed by atoms with Crippen molar-refractivity contribution in [3.05, 3.63) is 76.6 Å². The van der Waals surface area contributed by atoms with E-state index in [1.54, 1.807) is 6.20 Å². The van der Waals surface area contributed by atoms with Crippen LogP contribution in [0.5, 0.6) is 0 Å². The molecule has 4 rings (SSSR count). The van der Waals surface area contributed by atoms with Gasteiger partial charge in [0.2, 0.25) is 0 Å². The smallest absolute Gasteiger partial charge is 0.261 e. The van der Waals surface area contributed by atoms with Gasteiger partial charge in [0.05, 0.1) is 10.6 Å². The van der Waals surface area contributed by atoms with Gasteiger partial charge in [0, 0.05) is 23.1 Å². The Balaban J connectivity index is 1.44. The van der Waals surface area contributed by atoms with Crippen molar-refractivity contribution in [1.82, 2.24) is 20.1 Å². The van der Waals surface area contributed by atoms with Crippen molar-refractivity contribution < 1.29 is 4.79 Å². The SMILES string of the molecule is Cc1nn(-c2ccccn2)c(C)c1CCNC(=O)c1cc2ccccc2s1. The summed E-state index contributed by atoms with van der Waals surface area (Å²) in [6.45, 7) is 4.61. The molecule has 5 nitrogen and oxygen atoms in total. The molecule has 0 saturated heterocycles. The summed E-state index contributed by atoms with van der Waals surface area (Å²) in [5.41, 5.74) is 3.17. The van der Waals surface area contributed by atoms with Crippen LogP contribution in [0.15, 0.2) is 54.7 Å². The summed E-state index contributed by atoms with van der Waals surface area (Å²) in [6, 6.07) is 15.8. The summed E-state index contributed by atoms with van der Waals surface area (Å²) in [6.07, 6.45) is 2.50. The molecule has 6 heteroatoms. The Morgan fingerprint density at radius 1 is 1.15 bits per heavy atom. The molecule has 3 aromatic heterocycles. The number of aryl methyl sites for hydroxylation is 1. The van der Waals surface area contributed by atoms with E-state index in [2.05, 4.69) is 15.4 Å². The first-order valence-corrected chi connectivity index (χ1v) is 9.68. The molecule has 0 atom stereocenters. The Hall–Kier alpha value is -2.99. The quantitative estimate of drug-likeness (QED) is 0.571. The van der Waals surface area contributed by atoms with E-state index in [1.165, 1.54) is 11.3 Å². The first-order valence-electron chi connectivity index (χ1n) is 8.87. The molecule has 0 bridgehead atoms. The lowest BCUT2D eigenvalue weighted by Crippen LogP contribution is -2.25. The monoisotopic (exact) mass is 376 g/mol. The van der Waals surface area contributed by atoms with Crippen LogP contribution in [0.3, 0.4) is 0 Å². The van der Waals surface area contributed by atoms with Crippen LogP contribution in [0.4, 0.5) is 0 Å². The lowest BCUT2D eigenvalue weighted by atomic mass is 10.1. The topological polar surface area (TPSA) is 59.8 Å². The van der Waals surface area contributed by atoms with Crippen LogP contribution >= 0.6 is 11.3 Å². The van der Waals surface area contributed by atoms with E-state index in [1.807, 2.05) is 67.1 Å². The predicted molar refractivity (Wildman–Crippen MR) is 109 cm³/mol. The molecule has 1 aromatic carbocycles. The fraction of sp³-hybridized carbons (Fsp3) is 0.190. The number of benzene rings is 1. The average molecular weight is 376 g/mol. The highest BCUT2D eigenvalue weighted by atomic mass is 32.1. The predicted octanol–water partition coefficient (Wildman–Crippen LogP) is 4.07. The number of thiophene rings is 1. The summed E-state index contributed by atoms with van der Waals surface area (Å²) in [5.74, 6) is 0.780. The molecule has 0 aliphatic carbocycles. The molecular weight excluding hydrogens is 356 g/mol. The minimum Gasteiger partial charge on any atom is -0.351 e. The summed E-state index contributed by atoms with van der Waals surface area (Å²) >= 11 is 1.52. The largest absolute Gasteiger partial charge is 0.351 e. The van der Waals surface area contributed by atoms with E-state index in [9.17, 15) is 4.79 Å². The summed E-state index contributed by atoms with van der Waals surface area (Å²) in [4.78, 5) is 17.6. The fourth-order valence-electron chi connectivity index (χ4n) is 3.22. The van der Waals surface area contributed by atoms with Crippen molar-refractivity contribution in [2.75, 3.05) is 6.54 Å². The van der Waals surface area contributed by atoms with Crippen molar-refractivity contribution >= 4 is 27.3 Å². The van der Waals surface area contributed by atoms with Crippen LogP contribution in [0.2, 0.25) is 0 Å². The van der Waals surface area contributed by atoms with Gasteiger partial charge in [-0.2, -0.15) is 5.10 Å². The molecule has 136 valence electrons. The van der Waals surface area contributed by atoms with Gasteiger partial charge in [0.15, 0.2) is 5.82 Å². The zero-order valence-electron chi connectivity index (χ0n) is 15.3. The first-order chi connectivity index (χ1) is 13.1. The lowest BCUT2D eigenvalue weighted by molar-refractivity contribution is 0.0958. The van der Waals surface area contributed by atoms with Gasteiger partial charge >= 0.3 is 0 Å². The Morgan fingerprint density at radius 2 is 1.96 bits per heavy atom. The minimum atomic E-state index is -0.0244. The number of nitrogens with zero attached hydrogens (tertiary/aromatic N) is 3. The Bertz CT molecular complexity index is 1070. The van der Waals surface area contributed by atoms with Gasteiger partial charge in [-0.1, -0.05) is 24.3 Å². The second-order valence-electron chi connectivity index (χ2n) is 6.40. The van der Waals surface area contributed by atoms with Crippen LogP contribution in [0.25, 0.3) is 15.9 Å². The van der Waals surface area contributed by atoms with Crippen LogP contribution in [0.1, 0.15) is 26.6 Å². The number of carbonyl (C=O) groups excluding carboxylic acids is 1. The van der Waals surface area contributed by atoms with E-state index < -0.39 is 0 Å². The van der Waals surface area contributed by atoms with Gasteiger partial charge in [-0.05, 0) is 55.5 Å². The van der Waals surface area contributed by atoms with Gasteiger partial charge in [0.1, 0.15) is 0 Å². The lowest BCUT2D eigenvalue weighted by Gasteiger charge is -2.06. The zero-order chi connectivity index (χ0) is 18.8. The summed E-state index contributed by atoms with van der Waals surface area (Å²) in [7, 11) is 0. The van der Waals surface area contributed by atoms with E-state index in [4.69, 9.17) is 0 Å². The van der Waals surface area contributed by atoms with Crippen molar-refractivity contribution in [2.45, 2.75) is 20.3 Å². The van der Waals surface area contributed by atoms with Crippen molar-refractivity contribution in [2.24, 2.45) is 0 Å². The van der Waals surface area contributed by atoms with E-state index in [0.29, 0.717) is 6.54 Å². The number of nitrogens with one attached hydrogen (secondary N) is 1. The third-order valence-corrected chi connectivity index (χ3v) is 5.73. The van der Waals surface area contributed by atoms with Crippen LogP contribution in [0, 0.1) is 13.8 Å². The molecule has 0 unspecified atom stereocenters. The number of fused-ring (bicyclic) bond motifs is 1. The molecule has 27 heavy (non-hydrogen) atoms. The van der Waals surface area contributed by atoms with Crippen molar-refractivity contribution in [3.8, 4) is 5.82 Å². The maximum Gasteiger partial charge on any atom is 0.261 e. The third-order valence-electron chi connectivity index (χ3n) is 4.62. The molecule has 1 amide bonds. The van der Waals surface area contributed by atoms with E-state index >= 15 is 0 Å². The van der Waals surface area contributed by atoms with Gasteiger partial charge in [-0.15, -0.1) is 11.3 Å². The summed E-state index contributed by atoms with van der Waals surface area (Å²) in [5, 5.41) is 8.75. The molecule has 0 radical (unpaired) electrons. The molecule has 0 fully saturated rings. The van der Waals surface area contributed by atoms with E-state index in [-0.39, 0.29) is 5.91 Å². The number of amides is 1. The number of pyridine rings is 1. The van der Waals surface area contributed by atoms with Gasteiger partial charge in [-0.3, -0.25) is 4.79 Å². The standard InChI is InChI=1S/C21H20N4OS/c1-14-17(15(2)25(24-14)20-9-5-6-11-22-20)10-12-23-21(26)19-13-16-7-3-4-8-18(16)27-19/h3-9,11,13H,10,12H2,1-2H3,(H,23,26). The number of hydrogen-bond donors (Lipinski definition) is 1. The average Bonchev–Trinajstić information content (AvgIpc) is 3.24. The molecule has 3 heterocycles. The molecule has 0 aliphatic heterocycles. The van der Waals surface area contributed by atoms with Crippen molar-refractivity contribution in [1.29, 1.82) is 0 Å². The highest BCUT2D eigenvalue weighted by molar-refractivity contribution is 7.20. The van der Waals surface area contributed by atoms with E-state index in [0.717, 1.165) is 44.2 Å². The molecule has 0 aliphatic rings. The Kier molecular flexibility index (Phi) is 4.73. The highest BCUT2D eigenvalue weighted by Crippen LogP contribution is 2.25. The number of carbonyl (C=O) groups is 1. The normalized spacial score (nSPS) is 11.0. The maximum absolute atomic E-state index is 12.5. The Morgan fingerprint density at radius 3 is 2.74 bits per heavy atom. The second-order valence-corrected chi connectivity index (χ2v) is 7.49. The maximum atomic E-state index is 12.5. The zero-order valence-corrected chi connectivity index (χ0v) is 16.1. The van der Waals surface area contributed by atoms with Crippen LogP contribution < -0.4 is 5.32 Å². The van der Waals surface area contributed by atoms with Crippen LogP contribution in [-0.4, -0.2) is 27.2 Å². The summed E-state index contributed by atoms with van der Waals surface area (Å²) < 4.78 is 2.99. The minimum absolute atomic E-state index is 0.0244. The van der Waals surface area contributed by atoms with Gasteiger partial charge in [0.25, 0.3) is 5.91 Å². The molecule has 4 aromatic rings. The third kappa shape index (κ3) is 3.48. The fourth-order valence-corrected chi connectivity index (χ4v) is 4.20. The van der Waals surface area contributed by atoms with Gasteiger partial charge < -0.3 is 5.32 Å². The van der Waals surface area contributed by atoms with Gasteiger partial charge in [-0.25, -0.2) is 9.67 Å². The second kappa shape index (κ2) is 7.32. The first kappa shape index (κ1) is 17.4. The van der Waals surface area contributed by atoms with Crippen LogP contribution in [-0.2, 0) is 6.42 Å². The molecule has 1 N–H and O–H groups in total. The number of hydrogen-bond acceptors (Lipinski definition) is 4. The molecule has 0 saturated carbocycles. The number of aromatic nitrogens is 3. The highest BCUT2D eigenvalue weighted by Gasteiger charge is 2.14. The molecular formula is C21H20N4OS. The molecule has 0 spiro atoms. The number of rotatable bonds is 5.